The molecule has 0 saturated heterocycles. The average molecular weight is 360 g/mol. The van der Waals surface area contributed by atoms with Crippen LogP contribution in [0, 0.1) is 0 Å². The van der Waals surface area contributed by atoms with Gasteiger partial charge in [0, 0.05) is 22.9 Å². The van der Waals surface area contributed by atoms with E-state index in [0.717, 1.165) is 21.8 Å². The number of hydrogen-bond donors (Lipinski definition) is 2. The van der Waals surface area contributed by atoms with Crippen molar-refractivity contribution in [1.82, 2.24) is 15.3 Å². The van der Waals surface area contributed by atoms with Gasteiger partial charge in [-0.15, -0.1) is 11.8 Å². The standard InChI is InChI=1S/C18H18ClN3OS/c1-12(24-14-8-6-13(19)7-9-14)18(23)20-11-10-17-21-15-4-2-3-5-16(15)22-17/h2-9,12H,10-11H2,1H3,(H,20,23)(H,21,22). The molecule has 3 aromatic rings. The molecule has 1 amide bonds. The molecule has 1 unspecified atom stereocenters. The number of para-hydroxylation sites is 2. The highest BCUT2D eigenvalue weighted by molar-refractivity contribution is 8.00. The largest absolute Gasteiger partial charge is 0.355 e. The van der Waals surface area contributed by atoms with Crippen LogP contribution in [-0.4, -0.2) is 27.7 Å². The number of aromatic nitrogens is 2. The molecule has 4 nitrogen and oxygen atoms in total. The number of benzene rings is 2. The number of nitrogens with zero attached hydrogens (tertiary/aromatic N) is 1. The third kappa shape index (κ3) is 4.30. The van der Waals surface area contributed by atoms with Crippen LogP contribution in [0.4, 0.5) is 0 Å². The van der Waals surface area contributed by atoms with Gasteiger partial charge in [0.05, 0.1) is 16.3 Å². The van der Waals surface area contributed by atoms with Crippen LogP contribution < -0.4 is 5.32 Å². The number of carbonyl (C=O) groups excluding carboxylic acids is 1. The Balaban J connectivity index is 1.48. The summed E-state index contributed by atoms with van der Waals surface area (Å²) in [6, 6.07) is 15.4. The van der Waals surface area contributed by atoms with Gasteiger partial charge in [-0.2, -0.15) is 0 Å². The summed E-state index contributed by atoms with van der Waals surface area (Å²) >= 11 is 7.39. The summed E-state index contributed by atoms with van der Waals surface area (Å²) in [5.74, 6) is 0.903. The summed E-state index contributed by atoms with van der Waals surface area (Å²) in [7, 11) is 0. The van der Waals surface area contributed by atoms with E-state index in [1.165, 1.54) is 11.8 Å². The average Bonchev–Trinajstić information content (AvgIpc) is 2.99. The third-order valence-electron chi connectivity index (χ3n) is 3.60. The van der Waals surface area contributed by atoms with Crippen LogP contribution in [-0.2, 0) is 11.2 Å². The highest BCUT2D eigenvalue weighted by Crippen LogP contribution is 2.24. The topological polar surface area (TPSA) is 57.8 Å². The van der Waals surface area contributed by atoms with E-state index in [-0.39, 0.29) is 11.2 Å². The molecule has 2 N–H and O–H groups in total. The maximum Gasteiger partial charge on any atom is 0.233 e. The van der Waals surface area contributed by atoms with E-state index < -0.39 is 0 Å². The molecule has 6 heteroatoms. The van der Waals surface area contributed by atoms with Crippen LogP contribution in [0.2, 0.25) is 5.02 Å². The molecular weight excluding hydrogens is 342 g/mol. The fraction of sp³-hybridized carbons (Fsp3) is 0.222. The van der Waals surface area contributed by atoms with Gasteiger partial charge in [-0.1, -0.05) is 23.7 Å². The highest BCUT2D eigenvalue weighted by atomic mass is 35.5. The maximum atomic E-state index is 12.2. The van der Waals surface area contributed by atoms with E-state index in [1.54, 1.807) is 0 Å². The number of halogens is 1. The van der Waals surface area contributed by atoms with Crippen LogP contribution in [0.5, 0.6) is 0 Å². The molecule has 1 heterocycles. The van der Waals surface area contributed by atoms with Crippen molar-refractivity contribution in [3.63, 3.8) is 0 Å². The molecule has 0 radical (unpaired) electrons. The first-order valence-corrected chi connectivity index (χ1v) is 9.01. The van der Waals surface area contributed by atoms with Crippen LogP contribution >= 0.6 is 23.4 Å². The number of nitrogens with one attached hydrogen (secondary N) is 2. The van der Waals surface area contributed by atoms with Gasteiger partial charge in [0.1, 0.15) is 5.82 Å². The second kappa shape index (κ2) is 7.73. The molecule has 0 saturated carbocycles. The van der Waals surface area contributed by atoms with Crippen LogP contribution in [0.1, 0.15) is 12.7 Å². The predicted molar refractivity (Wildman–Crippen MR) is 99.6 cm³/mol. The molecule has 0 bridgehead atoms. The molecule has 1 atom stereocenters. The molecule has 1 aromatic heterocycles. The summed E-state index contributed by atoms with van der Waals surface area (Å²) in [6.45, 7) is 2.46. The van der Waals surface area contributed by atoms with Crippen LogP contribution in [0.15, 0.2) is 53.4 Å². The van der Waals surface area contributed by atoms with Gasteiger partial charge < -0.3 is 10.3 Å². The van der Waals surface area contributed by atoms with Crippen molar-refractivity contribution in [3.05, 3.63) is 59.4 Å². The second-order valence-corrected chi connectivity index (χ2v) is 7.31. The van der Waals surface area contributed by atoms with Gasteiger partial charge in [-0.25, -0.2) is 4.98 Å². The first-order chi connectivity index (χ1) is 11.6. The zero-order valence-electron chi connectivity index (χ0n) is 13.3. The molecule has 0 fully saturated rings. The fourth-order valence-corrected chi connectivity index (χ4v) is 3.36. The predicted octanol–water partition coefficient (Wildman–Crippen LogP) is 4.06. The minimum atomic E-state index is -0.165. The number of imidazole rings is 1. The molecule has 3 rings (SSSR count). The van der Waals surface area contributed by atoms with E-state index in [2.05, 4.69) is 15.3 Å². The molecule has 24 heavy (non-hydrogen) atoms. The first kappa shape index (κ1) is 16.9. The summed E-state index contributed by atoms with van der Waals surface area (Å²) in [5.41, 5.74) is 1.97. The highest BCUT2D eigenvalue weighted by Gasteiger charge is 2.14. The van der Waals surface area contributed by atoms with Crippen molar-refractivity contribution in [2.75, 3.05) is 6.54 Å². The molecular formula is C18H18ClN3OS. The number of amides is 1. The lowest BCUT2D eigenvalue weighted by Gasteiger charge is -2.11. The Morgan fingerprint density at radius 2 is 2.00 bits per heavy atom. The Kier molecular flexibility index (Phi) is 5.43. The Morgan fingerprint density at radius 3 is 2.75 bits per heavy atom. The Hall–Kier alpha value is -1.98. The van der Waals surface area contributed by atoms with E-state index >= 15 is 0 Å². The molecule has 124 valence electrons. The van der Waals surface area contributed by atoms with Crippen molar-refractivity contribution in [2.45, 2.75) is 23.5 Å². The van der Waals surface area contributed by atoms with Gasteiger partial charge in [0.25, 0.3) is 0 Å². The van der Waals surface area contributed by atoms with Gasteiger partial charge in [0.15, 0.2) is 0 Å². The van der Waals surface area contributed by atoms with Gasteiger partial charge in [0.2, 0.25) is 5.91 Å². The SMILES string of the molecule is CC(Sc1ccc(Cl)cc1)C(=O)NCCc1nc2ccccc2[nH]1. The molecule has 0 aliphatic carbocycles. The van der Waals surface area contributed by atoms with E-state index in [0.29, 0.717) is 18.0 Å². The second-order valence-electron chi connectivity index (χ2n) is 5.46. The lowest BCUT2D eigenvalue weighted by atomic mass is 10.3. The summed E-state index contributed by atoms with van der Waals surface area (Å²) < 4.78 is 0. The third-order valence-corrected chi connectivity index (χ3v) is 4.96. The lowest BCUT2D eigenvalue weighted by molar-refractivity contribution is -0.120. The number of carbonyl (C=O) groups is 1. The molecule has 0 aliphatic rings. The smallest absolute Gasteiger partial charge is 0.233 e. The van der Waals surface area contributed by atoms with E-state index in [4.69, 9.17) is 11.6 Å². The minimum Gasteiger partial charge on any atom is -0.355 e. The summed E-state index contributed by atoms with van der Waals surface area (Å²) in [4.78, 5) is 21.0. The van der Waals surface area contributed by atoms with Crippen LogP contribution in [0.3, 0.4) is 0 Å². The van der Waals surface area contributed by atoms with E-state index in [9.17, 15) is 4.79 Å². The van der Waals surface area contributed by atoms with Gasteiger partial charge >= 0.3 is 0 Å². The number of aromatic amines is 1. The van der Waals surface area contributed by atoms with Crippen molar-refractivity contribution in [3.8, 4) is 0 Å². The van der Waals surface area contributed by atoms with Crippen molar-refractivity contribution in [2.24, 2.45) is 0 Å². The van der Waals surface area contributed by atoms with Gasteiger partial charge in [-0.3, -0.25) is 4.79 Å². The van der Waals surface area contributed by atoms with Crippen LogP contribution in [0.25, 0.3) is 11.0 Å². The first-order valence-electron chi connectivity index (χ1n) is 7.75. The minimum absolute atomic E-state index is 0.0195. The maximum absolute atomic E-state index is 12.2. The lowest BCUT2D eigenvalue weighted by Crippen LogP contribution is -2.32. The van der Waals surface area contributed by atoms with Crippen molar-refractivity contribution < 1.29 is 4.79 Å². The Labute approximate surface area is 150 Å². The molecule has 2 aromatic carbocycles. The van der Waals surface area contributed by atoms with Crippen molar-refractivity contribution in [1.29, 1.82) is 0 Å². The Morgan fingerprint density at radius 1 is 1.25 bits per heavy atom. The van der Waals surface area contributed by atoms with Crippen molar-refractivity contribution >= 4 is 40.3 Å². The zero-order chi connectivity index (χ0) is 16.9. The molecule has 0 aliphatic heterocycles. The van der Waals surface area contributed by atoms with E-state index in [1.807, 2.05) is 55.5 Å². The normalized spacial score (nSPS) is 12.2. The quantitative estimate of drug-likeness (QED) is 0.652. The zero-order valence-corrected chi connectivity index (χ0v) is 14.8. The summed E-state index contributed by atoms with van der Waals surface area (Å²) in [5, 5.41) is 3.49. The summed E-state index contributed by atoms with van der Waals surface area (Å²) in [6.07, 6.45) is 0.679. The number of H-pyrrole nitrogens is 1. The molecule has 0 spiro atoms. The number of thioether (sulfide) groups is 1. The number of hydrogen-bond acceptors (Lipinski definition) is 3. The van der Waals surface area contributed by atoms with Gasteiger partial charge in [-0.05, 0) is 43.3 Å². The monoisotopic (exact) mass is 359 g/mol. The fourth-order valence-electron chi connectivity index (χ4n) is 2.34. The number of fused-ring (bicyclic) bond motifs is 1. The Bertz CT molecular complexity index is 799. The number of rotatable bonds is 6.